The molecule has 20 heavy (non-hydrogen) atoms. The number of benzene rings is 1. The first kappa shape index (κ1) is 11.7. The number of carbonyl (C=O) groups is 1. The Bertz CT molecular complexity index is 749. The van der Waals surface area contributed by atoms with Gasteiger partial charge in [-0.15, -0.1) is 0 Å². The van der Waals surface area contributed by atoms with Crippen molar-refractivity contribution in [1.82, 2.24) is 4.90 Å². The van der Waals surface area contributed by atoms with Crippen LogP contribution in [-0.2, 0) is 0 Å². The summed E-state index contributed by atoms with van der Waals surface area (Å²) in [5.41, 5.74) is 0.466. The zero-order valence-corrected chi connectivity index (χ0v) is 11.0. The van der Waals surface area contributed by atoms with E-state index in [1.165, 1.54) is 12.7 Å². The Kier molecular flexibility index (Phi) is 2.46. The molecule has 4 heteroatoms. The standard InChI is InChI=1S/C16H15NO3/c18-15-12-3-1-2-4-14(12)20-9-13(15)16(19)17-8-10-5-6-11(17)7-10/h1-4,9-11H,5-8H2/t10-,11-/m0/s1. The third-order valence-corrected chi connectivity index (χ3v) is 4.58. The van der Waals surface area contributed by atoms with Crippen LogP contribution in [0.25, 0.3) is 11.0 Å². The summed E-state index contributed by atoms with van der Waals surface area (Å²) >= 11 is 0. The first-order chi connectivity index (χ1) is 9.74. The zero-order valence-electron chi connectivity index (χ0n) is 11.0. The largest absolute Gasteiger partial charge is 0.463 e. The second-order valence-electron chi connectivity index (χ2n) is 5.77. The van der Waals surface area contributed by atoms with Crippen molar-refractivity contribution < 1.29 is 9.21 Å². The van der Waals surface area contributed by atoms with Gasteiger partial charge in [0.1, 0.15) is 17.4 Å². The zero-order chi connectivity index (χ0) is 13.7. The summed E-state index contributed by atoms with van der Waals surface area (Å²) in [6, 6.07) is 7.35. The van der Waals surface area contributed by atoms with Gasteiger partial charge in [0.25, 0.3) is 5.91 Å². The Morgan fingerprint density at radius 2 is 2.10 bits per heavy atom. The highest BCUT2D eigenvalue weighted by atomic mass is 16.3. The van der Waals surface area contributed by atoms with Gasteiger partial charge >= 0.3 is 0 Å². The molecule has 0 N–H and O–H groups in total. The average Bonchev–Trinajstić information content (AvgIpc) is 3.10. The molecule has 0 radical (unpaired) electrons. The second-order valence-corrected chi connectivity index (χ2v) is 5.77. The van der Waals surface area contributed by atoms with Gasteiger partial charge in [0.05, 0.1) is 5.39 Å². The van der Waals surface area contributed by atoms with Crippen LogP contribution in [0.5, 0.6) is 0 Å². The number of fused-ring (bicyclic) bond motifs is 3. The maximum atomic E-state index is 12.6. The van der Waals surface area contributed by atoms with Crippen molar-refractivity contribution >= 4 is 16.9 Å². The quantitative estimate of drug-likeness (QED) is 0.799. The molecule has 2 fully saturated rings. The molecule has 1 saturated heterocycles. The van der Waals surface area contributed by atoms with Crippen LogP contribution in [0.15, 0.2) is 39.7 Å². The van der Waals surface area contributed by atoms with Crippen molar-refractivity contribution in [2.24, 2.45) is 5.92 Å². The molecule has 1 aliphatic heterocycles. The molecule has 1 aromatic carbocycles. The van der Waals surface area contributed by atoms with Crippen LogP contribution in [0, 0.1) is 5.92 Å². The van der Waals surface area contributed by atoms with E-state index in [2.05, 4.69) is 0 Å². The molecule has 1 saturated carbocycles. The van der Waals surface area contributed by atoms with Crippen LogP contribution in [0.3, 0.4) is 0 Å². The van der Waals surface area contributed by atoms with Crippen molar-refractivity contribution in [3.8, 4) is 0 Å². The van der Waals surface area contributed by atoms with E-state index in [9.17, 15) is 9.59 Å². The van der Waals surface area contributed by atoms with E-state index in [1.807, 2.05) is 11.0 Å². The molecule has 2 bridgehead atoms. The molecule has 1 amide bonds. The normalized spacial score (nSPS) is 24.5. The summed E-state index contributed by atoms with van der Waals surface area (Å²) in [5.74, 6) is 0.452. The van der Waals surface area contributed by atoms with Gasteiger partial charge in [-0.05, 0) is 37.3 Å². The summed E-state index contributed by atoms with van der Waals surface area (Å²) in [7, 11) is 0. The van der Waals surface area contributed by atoms with Gasteiger partial charge in [0.15, 0.2) is 0 Å². The van der Waals surface area contributed by atoms with Crippen molar-refractivity contribution in [3.63, 3.8) is 0 Å². The Labute approximate surface area is 116 Å². The van der Waals surface area contributed by atoms with Gasteiger partial charge in [-0.1, -0.05) is 12.1 Å². The Balaban J connectivity index is 1.77. The average molecular weight is 269 g/mol. The SMILES string of the molecule is O=C(c1coc2ccccc2c1=O)N1C[C@H]2CC[C@H]1C2. The number of hydrogen-bond acceptors (Lipinski definition) is 3. The third-order valence-electron chi connectivity index (χ3n) is 4.58. The number of amides is 1. The van der Waals surface area contributed by atoms with E-state index in [4.69, 9.17) is 4.42 Å². The first-order valence-corrected chi connectivity index (χ1v) is 7.05. The third kappa shape index (κ3) is 1.60. The number of piperidine rings is 1. The van der Waals surface area contributed by atoms with E-state index < -0.39 is 0 Å². The fourth-order valence-corrected chi connectivity index (χ4v) is 3.55. The monoisotopic (exact) mass is 269 g/mol. The van der Waals surface area contributed by atoms with E-state index >= 15 is 0 Å². The van der Waals surface area contributed by atoms with Gasteiger partial charge in [-0.25, -0.2) is 0 Å². The lowest BCUT2D eigenvalue weighted by Crippen LogP contribution is -2.39. The topological polar surface area (TPSA) is 50.5 Å². The minimum absolute atomic E-state index is 0.163. The number of rotatable bonds is 1. The number of nitrogens with zero attached hydrogens (tertiary/aromatic N) is 1. The molecular formula is C16H15NO3. The molecule has 0 spiro atoms. The molecule has 2 atom stereocenters. The van der Waals surface area contributed by atoms with Crippen molar-refractivity contribution in [2.45, 2.75) is 25.3 Å². The Morgan fingerprint density at radius 1 is 1.25 bits per heavy atom. The minimum atomic E-state index is -0.223. The van der Waals surface area contributed by atoms with Crippen molar-refractivity contribution in [2.75, 3.05) is 6.54 Å². The molecule has 2 aliphatic rings. The lowest BCUT2D eigenvalue weighted by molar-refractivity contribution is 0.0700. The van der Waals surface area contributed by atoms with Crippen LogP contribution >= 0.6 is 0 Å². The highest BCUT2D eigenvalue weighted by molar-refractivity contribution is 5.97. The highest BCUT2D eigenvalue weighted by Crippen LogP contribution is 2.37. The number of likely N-dealkylation sites (tertiary alicyclic amines) is 1. The van der Waals surface area contributed by atoms with Gasteiger partial charge in [0, 0.05) is 12.6 Å². The summed E-state index contributed by atoms with van der Waals surface area (Å²) < 4.78 is 5.44. The second kappa shape index (κ2) is 4.20. The molecule has 1 aliphatic carbocycles. The van der Waals surface area contributed by atoms with E-state index in [0.717, 1.165) is 19.4 Å². The lowest BCUT2D eigenvalue weighted by atomic mass is 10.1. The van der Waals surface area contributed by atoms with Crippen LogP contribution in [0.1, 0.15) is 29.6 Å². The van der Waals surface area contributed by atoms with Crippen LogP contribution in [0.2, 0.25) is 0 Å². The van der Waals surface area contributed by atoms with Crippen LogP contribution in [0.4, 0.5) is 0 Å². The van der Waals surface area contributed by atoms with E-state index in [-0.39, 0.29) is 16.9 Å². The summed E-state index contributed by atoms with van der Waals surface area (Å²) in [6.45, 7) is 0.787. The van der Waals surface area contributed by atoms with E-state index in [1.54, 1.807) is 18.2 Å². The molecule has 0 unspecified atom stereocenters. The molecule has 2 aromatic rings. The minimum Gasteiger partial charge on any atom is -0.463 e. The highest BCUT2D eigenvalue weighted by Gasteiger charge is 2.41. The predicted molar refractivity (Wildman–Crippen MR) is 74.6 cm³/mol. The number of hydrogen-bond donors (Lipinski definition) is 0. The smallest absolute Gasteiger partial charge is 0.261 e. The van der Waals surface area contributed by atoms with Gasteiger partial charge < -0.3 is 9.32 Å². The summed E-state index contributed by atoms with van der Waals surface area (Å²) in [5, 5.41) is 0.475. The van der Waals surface area contributed by atoms with Gasteiger partial charge in [-0.2, -0.15) is 0 Å². The predicted octanol–water partition coefficient (Wildman–Crippen LogP) is 2.42. The van der Waals surface area contributed by atoms with Crippen molar-refractivity contribution in [3.05, 3.63) is 46.3 Å². The molecule has 1 aromatic heterocycles. The molecule has 2 heterocycles. The number of para-hydroxylation sites is 1. The first-order valence-electron chi connectivity index (χ1n) is 7.05. The summed E-state index contributed by atoms with van der Waals surface area (Å²) in [6.07, 6.45) is 4.68. The Hall–Kier alpha value is -2.10. The maximum Gasteiger partial charge on any atom is 0.261 e. The molecule has 4 nitrogen and oxygen atoms in total. The molecule has 4 rings (SSSR count). The molecular weight excluding hydrogens is 254 g/mol. The lowest BCUT2D eigenvalue weighted by Gasteiger charge is -2.26. The maximum absolute atomic E-state index is 12.6. The summed E-state index contributed by atoms with van der Waals surface area (Å²) in [4.78, 5) is 26.8. The molecule has 102 valence electrons. The fraction of sp³-hybridized carbons (Fsp3) is 0.375. The van der Waals surface area contributed by atoms with E-state index in [0.29, 0.717) is 22.9 Å². The number of carbonyl (C=O) groups excluding carboxylic acids is 1. The van der Waals surface area contributed by atoms with Crippen LogP contribution < -0.4 is 5.43 Å². The fourth-order valence-electron chi connectivity index (χ4n) is 3.55. The van der Waals surface area contributed by atoms with Gasteiger partial charge in [-0.3, -0.25) is 9.59 Å². The van der Waals surface area contributed by atoms with Gasteiger partial charge in [0.2, 0.25) is 5.43 Å². The van der Waals surface area contributed by atoms with Crippen LogP contribution in [-0.4, -0.2) is 23.4 Å². The van der Waals surface area contributed by atoms with Crippen molar-refractivity contribution in [1.29, 1.82) is 0 Å². The Morgan fingerprint density at radius 3 is 2.85 bits per heavy atom.